The summed E-state index contributed by atoms with van der Waals surface area (Å²) in [5.41, 5.74) is 4.57. The molecule has 0 spiro atoms. The number of halogens is 1. The van der Waals surface area contributed by atoms with E-state index in [-0.39, 0.29) is 6.04 Å². The number of likely N-dealkylation sites (tertiary alicyclic amines) is 1. The van der Waals surface area contributed by atoms with Gasteiger partial charge in [0.2, 0.25) is 0 Å². The summed E-state index contributed by atoms with van der Waals surface area (Å²) in [6.45, 7) is 7.25. The number of nitrogens with zero attached hydrogens (tertiary/aromatic N) is 2. The number of rotatable bonds is 6. The van der Waals surface area contributed by atoms with Crippen LogP contribution in [0.25, 0.3) is 10.9 Å². The average Bonchev–Trinajstić information content (AvgIpc) is 2.77. The van der Waals surface area contributed by atoms with Gasteiger partial charge in [-0.2, -0.15) is 0 Å². The molecule has 1 aliphatic rings. The second-order valence-corrected chi connectivity index (χ2v) is 9.05. The molecular formula is C25H28IN3. The van der Waals surface area contributed by atoms with Gasteiger partial charge in [-0.05, 0) is 44.0 Å². The van der Waals surface area contributed by atoms with Gasteiger partial charge < -0.3 is 5.32 Å². The molecule has 1 saturated heterocycles. The average molecular weight is 497 g/mol. The smallest absolute Gasteiger partial charge is 0.0804 e. The van der Waals surface area contributed by atoms with Crippen molar-refractivity contribution in [3.05, 3.63) is 84.6 Å². The number of aryl methyl sites for hydroxylation is 1. The number of benzene rings is 2. The number of alkyl halides is 1. The molecule has 0 amide bonds. The van der Waals surface area contributed by atoms with E-state index in [1.54, 1.807) is 0 Å². The Morgan fingerprint density at radius 2 is 1.90 bits per heavy atom. The topological polar surface area (TPSA) is 28.2 Å². The Kier molecular flexibility index (Phi) is 6.50. The van der Waals surface area contributed by atoms with Crippen LogP contribution in [0.2, 0.25) is 0 Å². The molecule has 2 heterocycles. The highest BCUT2D eigenvalue weighted by Crippen LogP contribution is 2.36. The van der Waals surface area contributed by atoms with E-state index in [0.717, 1.165) is 23.4 Å². The van der Waals surface area contributed by atoms with Crippen LogP contribution in [-0.4, -0.2) is 26.5 Å². The Hall–Kier alpha value is -1.92. The van der Waals surface area contributed by atoms with Gasteiger partial charge in [0.15, 0.2) is 0 Å². The molecule has 4 rings (SSSR count). The minimum Gasteiger partial charge on any atom is -0.376 e. The SMILES string of the molecule is C=CC(I)N1CCCCC1[C@@H](Nc1cc(C)nc2ccccc12)c1ccccc1. The van der Waals surface area contributed by atoms with Gasteiger partial charge in [-0.15, -0.1) is 6.58 Å². The highest BCUT2D eigenvalue weighted by atomic mass is 127. The molecule has 0 aliphatic carbocycles. The number of pyridine rings is 1. The van der Waals surface area contributed by atoms with E-state index in [4.69, 9.17) is 4.98 Å². The molecule has 1 aliphatic heterocycles. The van der Waals surface area contributed by atoms with Gasteiger partial charge in [0.05, 0.1) is 15.6 Å². The third-order valence-corrected chi connectivity index (χ3v) is 7.03. The van der Waals surface area contributed by atoms with Crippen molar-refractivity contribution >= 4 is 39.2 Å². The zero-order valence-corrected chi connectivity index (χ0v) is 19.0. The molecule has 3 nitrogen and oxygen atoms in total. The first-order valence-electron chi connectivity index (χ1n) is 10.4. The predicted molar refractivity (Wildman–Crippen MR) is 132 cm³/mol. The maximum absolute atomic E-state index is 4.72. The lowest BCUT2D eigenvalue weighted by molar-refractivity contribution is 0.140. The molecule has 4 heteroatoms. The molecule has 2 aromatic carbocycles. The number of para-hydroxylation sites is 1. The molecule has 150 valence electrons. The summed E-state index contributed by atoms with van der Waals surface area (Å²) in [5.74, 6) is 0. The number of fused-ring (bicyclic) bond motifs is 1. The number of anilines is 1. The van der Waals surface area contributed by atoms with Crippen LogP contribution in [-0.2, 0) is 0 Å². The quantitative estimate of drug-likeness (QED) is 0.183. The fraction of sp³-hybridized carbons (Fsp3) is 0.320. The summed E-state index contributed by atoms with van der Waals surface area (Å²) in [6.07, 6.45) is 5.76. The van der Waals surface area contributed by atoms with Gasteiger partial charge in [-0.1, -0.05) is 83.6 Å². The van der Waals surface area contributed by atoms with Crippen molar-refractivity contribution in [2.45, 2.75) is 42.3 Å². The normalized spacial score (nSPS) is 19.6. The fourth-order valence-corrected chi connectivity index (χ4v) is 5.13. The van der Waals surface area contributed by atoms with Crippen LogP contribution in [0.5, 0.6) is 0 Å². The van der Waals surface area contributed by atoms with Crippen LogP contribution >= 0.6 is 22.6 Å². The predicted octanol–water partition coefficient (Wildman–Crippen LogP) is 6.50. The lowest BCUT2D eigenvalue weighted by Crippen LogP contribution is -2.48. The largest absolute Gasteiger partial charge is 0.376 e. The molecule has 1 N–H and O–H groups in total. The Labute approximate surface area is 187 Å². The highest BCUT2D eigenvalue weighted by molar-refractivity contribution is 14.1. The lowest BCUT2D eigenvalue weighted by Gasteiger charge is -2.43. The van der Waals surface area contributed by atoms with E-state index in [1.807, 2.05) is 0 Å². The summed E-state index contributed by atoms with van der Waals surface area (Å²) in [6, 6.07) is 22.1. The molecule has 3 atom stereocenters. The van der Waals surface area contributed by atoms with Crippen molar-refractivity contribution in [2.75, 3.05) is 11.9 Å². The van der Waals surface area contributed by atoms with Gasteiger partial charge in [0, 0.05) is 22.8 Å². The van der Waals surface area contributed by atoms with E-state index in [9.17, 15) is 0 Å². The Balaban J connectivity index is 1.77. The molecule has 0 bridgehead atoms. The van der Waals surface area contributed by atoms with Crippen LogP contribution in [0.3, 0.4) is 0 Å². The number of nitrogens with one attached hydrogen (secondary N) is 1. The Morgan fingerprint density at radius 3 is 2.69 bits per heavy atom. The third-order valence-electron chi connectivity index (χ3n) is 5.80. The number of hydrogen-bond acceptors (Lipinski definition) is 3. The van der Waals surface area contributed by atoms with E-state index in [0.29, 0.717) is 10.1 Å². The maximum atomic E-state index is 4.72. The van der Waals surface area contributed by atoms with Crippen LogP contribution in [0.4, 0.5) is 5.69 Å². The van der Waals surface area contributed by atoms with Crippen LogP contribution in [0.15, 0.2) is 73.3 Å². The van der Waals surface area contributed by atoms with Crippen molar-refractivity contribution in [2.24, 2.45) is 0 Å². The van der Waals surface area contributed by atoms with Gasteiger partial charge in [0.25, 0.3) is 0 Å². The molecule has 1 aromatic heterocycles. The first kappa shape index (κ1) is 20.4. The third kappa shape index (κ3) is 4.48. The van der Waals surface area contributed by atoms with E-state index >= 15 is 0 Å². The Morgan fingerprint density at radius 1 is 1.14 bits per heavy atom. The van der Waals surface area contributed by atoms with Gasteiger partial charge >= 0.3 is 0 Å². The van der Waals surface area contributed by atoms with E-state index in [1.165, 1.54) is 30.2 Å². The first-order chi connectivity index (χ1) is 14.2. The van der Waals surface area contributed by atoms with Gasteiger partial charge in [-0.25, -0.2) is 0 Å². The monoisotopic (exact) mass is 497 g/mol. The molecule has 29 heavy (non-hydrogen) atoms. The highest BCUT2D eigenvalue weighted by Gasteiger charge is 2.33. The minimum atomic E-state index is 0.207. The summed E-state index contributed by atoms with van der Waals surface area (Å²) in [5, 5.41) is 5.12. The second kappa shape index (κ2) is 9.26. The molecular weight excluding hydrogens is 469 g/mol. The molecule has 2 unspecified atom stereocenters. The summed E-state index contributed by atoms with van der Waals surface area (Å²) in [4.78, 5) is 7.33. The maximum Gasteiger partial charge on any atom is 0.0804 e. The van der Waals surface area contributed by atoms with Crippen LogP contribution in [0.1, 0.15) is 36.6 Å². The number of aromatic nitrogens is 1. The second-order valence-electron chi connectivity index (χ2n) is 7.77. The minimum absolute atomic E-state index is 0.207. The standard InChI is InChI=1S/C25H28IN3/c1-3-24(26)29-16-10-9-15-23(29)25(19-11-5-4-6-12-19)28-22-17-18(2)27-21-14-8-7-13-20(21)22/h3-8,11-14,17,23-25H,1,9-10,15-16H2,2H3,(H,27,28)/t23?,24?,25-/m0/s1. The lowest BCUT2D eigenvalue weighted by atomic mass is 9.90. The fourth-order valence-electron chi connectivity index (χ4n) is 4.44. The summed E-state index contributed by atoms with van der Waals surface area (Å²) < 4.78 is 0.335. The molecule has 0 radical (unpaired) electrons. The van der Waals surface area contributed by atoms with Crippen LogP contribution < -0.4 is 5.32 Å². The van der Waals surface area contributed by atoms with Crippen molar-refractivity contribution in [1.29, 1.82) is 0 Å². The number of hydrogen-bond donors (Lipinski definition) is 1. The zero-order chi connectivity index (χ0) is 20.2. The van der Waals surface area contributed by atoms with Crippen molar-refractivity contribution in [3.63, 3.8) is 0 Å². The van der Waals surface area contributed by atoms with Crippen LogP contribution in [0, 0.1) is 6.92 Å². The van der Waals surface area contributed by atoms with Gasteiger partial charge in [-0.3, -0.25) is 9.88 Å². The molecule has 3 aromatic rings. The Bertz CT molecular complexity index is 972. The summed E-state index contributed by atoms with van der Waals surface area (Å²) >= 11 is 2.51. The molecule has 0 saturated carbocycles. The van der Waals surface area contributed by atoms with Crippen molar-refractivity contribution in [3.8, 4) is 0 Å². The zero-order valence-electron chi connectivity index (χ0n) is 16.9. The van der Waals surface area contributed by atoms with Gasteiger partial charge in [0.1, 0.15) is 0 Å². The summed E-state index contributed by atoms with van der Waals surface area (Å²) in [7, 11) is 0. The number of piperidine rings is 1. The van der Waals surface area contributed by atoms with Crippen molar-refractivity contribution in [1.82, 2.24) is 9.88 Å². The van der Waals surface area contributed by atoms with Crippen molar-refractivity contribution < 1.29 is 0 Å². The van der Waals surface area contributed by atoms with E-state index in [2.05, 4.69) is 113 Å². The first-order valence-corrected chi connectivity index (χ1v) is 11.6. The van der Waals surface area contributed by atoms with E-state index < -0.39 is 0 Å². The molecule has 1 fully saturated rings.